The predicted molar refractivity (Wildman–Crippen MR) is 59.1 cm³/mol. The normalized spacial score (nSPS) is 9.47. The molecule has 0 radical (unpaired) electrons. The van der Waals surface area contributed by atoms with E-state index in [9.17, 15) is 0 Å². The summed E-state index contributed by atoms with van der Waals surface area (Å²) < 4.78 is 5.61. The van der Waals surface area contributed by atoms with Gasteiger partial charge in [-0.1, -0.05) is 18.2 Å². The molecule has 0 saturated carbocycles. The molecule has 15 heavy (non-hydrogen) atoms. The van der Waals surface area contributed by atoms with E-state index in [1.54, 1.807) is 0 Å². The second kappa shape index (κ2) is 8.84. The van der Waals surface area contributed by atoms with Crippen molar-refractivity contribution < 1.29 is 22.5 Å². The summed E-state index contributed by atoms with van der Waals surface area (Å²) in [5, 5.41) is 2.16. The zero-order chi connectivity index (χ0) is 10.2. The maximum atomic E-state index is 5.61. The van der Waals surface area contributed by atoms with Crippen molar-refractivity contribution in [2.45, 2.75) is 6.92 Å². The van der Waals surface area contributed by atoms with Crippen molar-refractivity contribution in [1.29, 1.82) is 0 Å². The predicted octanol–water partition coefficient (Wildman–Crippen LogP) is -1.82. The van der Waals surface area contributed by atoms with Crippen molar-refractivity contribution in [1.82, 2.24) is 0 Å². The van der Waals surface area contributed by atoms with E-state index >= 15 is 0 Å². The Hall–Kier alpha value is -0.440. The number of para-hydroxylation sites is 1. The summed E-state index contributed by atoms with van der Waals surface area (Å²) in [5.41, 5.74) is 1.19. The second-order valence-electron chi connectivity index (χ2n) is 3.17. The summed E-state index contributed by atoms with van der Waals surface area (Å²) >= 11 is 5.55. The highest BCUT2D eigenvalue weighted by molar-refractivity contribution is 6.17. The molecule has 0 bridgehead atoms. The third-order valence-electron chi connectivity index (χ3n) is 1.99. The Kier molecular flexibility index (Phi) is 8.58. The quantitative estimate of drug-likeness (QED) is 0.467. The van der Waals surface area contributed by atoms with Crippen LogP contribution in [0.5, 0.6) is 5.75 Å². The standard InChI is InChI=1S/C11H16ClNO.ClH/c1-10-4-2-3-5-11(10)14-9-8-13-7-6-12;/h2-5,13H,6-9H2,1H3;1H. The Morgan fingerprint density at radius 2 is 2.00 bits per heavy atom. The van der Waals surface area contributed by atoms with Gasteiger partial charge in [0.05, 0.1) is 12.4 Å². The molecule has 0 unspecified atom stereocenters. The monoisotopic (exact) mass is 249 g/mol. The third kappa shape index (κ3) is 5.88. The summed E-state index contributed by atoms with van der Waals surface area (Å²) in [4.78, 5) is 0. The maximum absolute atomic E-state index is 5.61. The Morgan fingerprint density at radius 1 is 1.27 bits per heavy atom. The van der Waals surface area contributed by atoms with Crippen LogP contribution in [-0.2, 0) is 0 Å². The van der Waals surface area contributed by atoms with Gasteiger partial charge in [0, 0.05) is 0 Å². The lowest BCUT2D eigenvalue weighted by molar-refractivity contribution is -0.651. The smallest absolute Gasteiger partial charge is 0.137 e. The van der Waals surface area contributed by atoms with Crippen LogP contribution >= 0.6 is 11.6 Å². The Balaban J connectivity index is 0.00000196. The average Bonchev–Trinajstić information content (AvgIpc) is 2.20. The topological polar surface area (TPSA) is 25.8 Å². The minimum atomic E-state index is 0. The van der Waals surface area contributed by atoms with Crippen LogP contribution in [0.4, 0.5) is 0 Å². The summed E-state index contributed by atoms with van der Waals surface area (Å²) in [7, 11) is 0. The molecule has 0 saturated heterocycles. The number of alkyl halides is 1. The van der Waals surface area contributed by atoms with E-state index in [2.05, 4.69) is 18.3 Å². The molecule has 0 fully saturated rings. The van der Waals surface area contributed by atoms with Crippen molar-refractivity contribution in [2.75, 3.05) is 25.6 Å². The number of halogens is 2. The third-order valence-corrected chi connectivity index (χ3v) is 2.20. The van der Waals surface area contributed by atoms with Gasteiger partial charge in [-0.15, -0.1) is 11.6 Å². The van der Waals surface area contributed by atoms with E-state index in [1.165, 1.54) is 5.56 Å². The molecule has 0 spiro atoms. The Morgan fingerprint density at radius 3 is 2.67 bits per heavy atom. The van der Waals surface area contributed by atoms with Gasteiger partial charge in [0.1, 0.15) is 18.9 Å². The van der Waals surface area contributed by atoms with Crippen LogP contribution in [0.2, 0.25) is 0 Å². The van der Waals surface area contributed by atoms with Crippen LogP contribution in [-0.4, -0.2) is 25.6 Å². The SMILES string of the molecule is Cc1ccccc1OCC[NH2+]CCCl.[Cl-]. The number of quaternary nitrogens is 1. The van der Waals surface area contributed by atoms with Gasteiger partial charge in [0.25, 0.3) is 0 Å². The van der Waals surface area contributed by atoms with Gasteiger partial charge < -0.3 is 22.5 Å². The summed E-state index contributed by atoms with van der Waals surface area (Å²) in [6.45, 7) is 4.71. The number of rotatable bonds is 6. The number of ether oxygens (including phenoxy) is 1. The highest BCUT2D eigenvalue weighted by Gasteiger charge is 1.97. The molecule has 1 aromatic rings. The minimum absolute atomic E-state index is 0. The molecular weight excluding hydrogens is 233 g/mol. The van der Waals surface area contributed by atoms with Gasteiger partial charge in [0.15, 0.2) is 0 Å². The molecule has 86 valence electrons. The first-order valence-electron chi connectivity index (χ1n) is 4.90. The van der Waals surface area contributed by atoms with Crippen LogP contribution < -0.4 is 22.5 Å². The van der Waals surface area contributed by atoms with E-state index in [1.807, 2.05) is 18.2 Å². The van der Waals surface area contributed by atoms with E-state index in [0.717, 1.165) is 25.4 Å². The lowest BCUT2D eigenvalue weighted by Gasteiger charge is -2.07. The van der Waals surface area contributed by atoms with Gasteiger partial charge in [-0.3, -0.25) is 0 Å². The molecule has 0 aliphatic carbocycles. The van der Waals surface area contributed by atoms with Gasteiger partial charge in [-0.2, -0.15) is 0 Å². The van der Waals surface area contributed by atoms with Crippen molar-refractivity contribution in [3.05, 3.63) is 29.8 Å². The summed E-state index contributed by atoms with van der Waals surface area (Å²) in [6, 6.07) is 8.06. The molecule has 0 aliphatic rings. The van der Waals surface area contributed by atoms with E-state index in [-0.39, 0.29) is 12.4 Å². The molecule has 1 aromatic carbocycles. The first kappa shape index (κ1) is 14.6. The van der Waals surface area contributed by atoms with Crippen molar-refractivity contribution in [3.63, 3.8) is 0 Å². The largest absolute Gasteiger partial charge is 1.00 e. The Bertz CT molecular complexity index is 269. The molecule has 2 N–H and O–H groups in total. The van der Waals surface area contributed by atoms with Crippen molar-refractivity contribution >= 4 is 11.6 Å². The van der Waals surface area contributed by atoms with Crippen molar-refractivity contribution in [2.24, 2.45) is 0 Å². The highest BCUT2D eigenvalue weighted by Crippen LogP contribution is 2.15. The second-order valence-corrected chi connectivity index (χ2v) is 3.55. The molecule has 2 nitrogen and oxygen atoms in total. The highest BCUT2D eigenvalue weighted by atomic mass is 35.5. The molecule has 4 heteroatoms. The summed E-state index contributed by atoms with van der Waals surface area (Å²) in [5.74, 6) is 1.68. The fourth-order valence-electron chi connectivity index (χ4n) is 1.19. The van der Waals surface area contributed by atoms with Gasteiger partial charge in [0.2, 0.25) is 0 Å². The summed E-state index contributed by atoms with van der Waals surface area (Å²) in [6.07, 6.45) is 0. The van der Waals surface area contributed by atoms with Crippen LogP contribution in [0.3, 0.4) is 0 Å². The van der Waals surface area contributed by atoms with E-state index in [4.69, 9.17) is 16.3 Å². The Labute approximate surface area is 102 Å². The fraction of sp³-hybridized carbons (Fsp3) is 0.455. The number of hydrogen-bond donors (Lipinski definition) is 1. The van der Waals surface area contributed by atoms with Gasteiger partial charge >= 0.3 is 0 Å². The van der Waals surface area contributed by atoms with Gasteiger partial charge in [-0.25, -0.2) is 0 Å². The molecule has 0 heterocycles. The number of aryl methyl sites for hydroxylation is 1. The van der Waals surface area contributed by atoms with E-state index in [0.29, 0.717) is 5.88 Å². The molecule has 0 amide bonds. The average molecular weight is 250 g/mol. The lowest BCUT2D eigenvalue weighted by Crippen LogP contribution is -3.00. The number of hydrogen-bond acceptors (Lipinski definition) is 1. The zero-order valence-corrected chi connectivity index (χ0v) is 10.4. The molecule has 1 rings (SSSR count). The maximum Gasteiger partial charge on any atom is 0.137 e. The zero-order valence-electron chi connectivity index (χ0n) is 8.88. The van der Waals surface area contributed by atoms with Crippen molar-refractivity contribution in [3.8, 4) is 5.75 Å². The van der Waals surface area contributed by atoms with Crippen LogP contribution in [0.25, 0.3) is 0 Å². The first-order chi connectivity index (χ1) is 6.84. The first-order valence-corrected chi connectivity index (χ1v) is 5.44. The number of benzene rings is 1. The number of nitrogens with two attached hydrogens (primary N) is 1. The lowest BCUT2D eigenvalue weighted by atomic mass is 10.2. The van der Waals surface area contributed by atoms with Crippen LogP contribution in [0.15, 0.2) is 24.3 Å². The fourth-order valence-corrected chi connectivity index (χ4v) is 1.35. The molecule has 0 aliphatic heterocycles. The van der Waals surface area contributed by atoms with Gasteiger partial charge in [-0.05, 0) is 18.6 Å². The molecule has 0 aromatic heterocycles. The van der Waals surface area contributed by atoms with Crippen LogP contribution in [0.1, 0.15) is 5.56 Å². The minimum Gasteiger partial charge on any atom is -1.00 e. The van der Waals surface area contributed by atoms with E-state index < -0.39 is 0 Å². The van der Waals surface area contributed by atoms with Crippen LogP contribution in [0, 0.1) is 6.92 Å². The molecule has 0 atom stereocenters. The molecular formula is C11H17Cl2NO.